The van der Waals surface area contributed by atoms with Gasteiger partial charge in [0.15, 0.2) is 0 Å². The minimum Gasteiger partial charge on any atom is -0.465 e. The first kappa shape index (κ1) is 8.29. The first-order valence-corrected chi connectivity index (χ1v) is 3.47. The minimum absolute atomic E-state index is 0.219. The van der Waals surface area contributed by atoms with E-state index in [1.54, 1.807) is 0 Å². The van der Waals surface area contributed by atoms with E-state index in [2.05, 4.69) is 0 Å². The van der Waals surface area contributed by atoms with E-state index in [9.17, 15) is 4.79 Å². The van der Waals surface area contributed by atoms with E-state index in [0.717, 1.165) is 4.90 Å². The second-order valence-corrected chi connectivity index (χ2v) is 2.58. The van der Waals surface area contributed by atoms with Gasteiger partial charge in [-0.2, -0.15) is 0 Å². The molecular weight excluding hydrogens is 150 g/mol. The highest BCUT2D eigenvalue weighted by atomic mass is 16.4. The summed E-state index contributed by atoms with van der Waals surface area (Å²) in [6, 6.07) is -0.428. The molecule has 1 amide bonds. The Morgan fingerprint density at radius 3 is 2.55 bits per heavy atom. The van der Waals surface area contributed by atoms with Crippen LogP contribution >= 0.6 is 0 Å². The molecule has 1 aliphatic heterocycles. The molecular formula is C6H11NO4. The molecule has 1 heterocycles. The first-order valence-electron chi connectivity index (χ1n) is 3.47. The van der Waals surface area contributed by atoms with E-state index in [1.165, 1.54) is 0 Å². The fourth-order valence-electron chi connectivity index (χ4n) is 1.33. The lowest BCUT2D eigenvalue weighted by atomic mass is 10.2. The number of aliphatic hydroxyl groups is 2. The number of hydrogen-bond acceptors (Lipinski definition) is 3. The van der Waals surface area contributed by atoms with E-state index in [4.69, 9.17) is 15.3 Å². The summed E-state index contributed by atoms with van der Waals surface area (Å²) in [7, 11) is 0. The molecule has 0 spiro atoms. The maximum atomic E-state index is 10.4. The second kappa shape index (κ2) is 3.06. The van der Waals surface area contributed by atoms with Crippen molar-refractivity contribution in [3.8, 4) is 0 Å². The van der Waals surface area contributed by atoms with Gasteiger partial charge in [0.2, 0.25) is 0 Å². The van der Waals surface area contributed by atoms with Crippen molar-refractivity contribution in [2.24, 2.45) is 0 Å². The summed E-state index contributed by atoms with van der Waals surface area (Å²) in [5, 5.41) is 26.3. The Bertz CT molecular complexity index is 161. The van der Waals surface area contributed by atoms with Crippen LogP contribution in [0.3, 0.4) is 0 Å². The van der Waals surface area contributed by atoms with Gasteiger partial charge in [0.25, 0.3) is 0 Å². The molecule has 64 valence electrons. The topological polar surface area (TPSA) is 81.0 Å². The number of nitrogens with zero attached hydrogens (tertiary/aromatic N) is 1. The standard InChI is InChI=1S/C6H11NO4/c8-3-4-1-2-5(9)7(4)6(10)11/h4-5,8-9H,1-3H2,(H,10,11). The molecule has 0 aromatic heterocycles. The van der Waals surface area contributed by atoms with Crippen LogP contribution in [0, 0.1) is 0 Å². The third-order valence-corrected chi connectivity index (χ3v) is 1.90. The Balaban J connectivity index is 2.63. The Morgan fingerprint density at radius 1 is 1.55 bits per heavy atom. The van der Waals surface area contributed by atoms with Gasteiger partial charge < -0.3 is 15.3 Å². The van der Waals surface area contributed by atoms with Crippen LogP contribution < -0.4 is 0 Å². The van der Waals surface area contributed by atoms with Gasteiger partial charge in [-0.25, -0.2) is 4.79 Å². The van der Waals surface area contributed by atoms with Crippen LogP contribution in [0.1, 0.15) is 12.8 Å². The molecule has 0 saturated carbocycles. The van der Waals surface area contributed by atoms with E-state index < -0.39 is 18.4 Å². The maximum Gasteiger partial charge on any atom is 0.409 e. The minimum atomic E-state index is -1.17. The Morgan fingerprint density at radius 2 is 2.18 bits per heavy atom. The fraction of sp³-hybridized carbons (Fsp3) is 0.833. The summed E-state index contributed by atoms with van der Waals surface area (Å²) < 4.78 is 0. The van der Waals surface area contributed by atoms with Crippen LogP contribution in [-0.4, -0.2) is 45.2 Å². The van der Waals surface area contributed by atoms with E-state index >= 15 is 0 Å². The Labute approximate surface area is 63.9 Å². The second-order valence-electron chi connectivity index (χ2n) is 2.58. The zero-order valence-electron chi connectivity index (χ0n) is 5.97. The average molecular weight is 161 g/mol. The summed E-state index contributed by atoms with van der Waals surface area (Å²) >= 11 is 0. The van der Waals surface area contributed by atoms with Gasteiger partial charge in [-0.15, -0.1) is 0 Å². The average Bonchev–Trinajstić information content (AvgIpc) is 2.30. The maximum absolute atomic E-state index is 10.4. The van der Waals surface area contributed by atoms with Crippen LogP contribution in [-0.2, 0) is 0 Å². The Kier molecular flexibility index (Phi) is 2.31. The summed E-state index contributed by atoms with van der Waals surface area (Å²) in [5.74, 6) is 0. The molecule has 2 unspecified atom stereocenters. The predicted octanol–water partition coefficient (Wildman–Crippen LogP) is -0.561. The molecule has 0 aliphatic carbocycles. The summed E-state index contributed by atoms with van der Waals surface area (Å²) in [4.78, 5) is 11.3. The van der Waals surface area contributed by atoms with Gasteiger partial charge in [0, 0.05) is 0 Å². The molecule has 1 saturated heterocycles. The monoisotopic (exact) mass is 161 g/mol. The van der Waals surface area contributed by atoms with Crippen LogP contribution in [0.2, 0.25) is 0 Å². The molecule has 2 atom stereocenters. The SMILES string of the molecule is O=C(O)N1C(O)CCC1CO. The smallest absolute Gasteiger partial charge is 0.409 e. The van der Waals surface area contributed by atoms with Crippen molar-refractivity contribution in [3.63, 3.8) is 0 Å². The number of likely N-dealkylation sites (tertiary alicyclic amines) is 1. The predicted molar refractivity (Wildman–Crippen MR) is 36.0 cm³/mol. The number of carbonyl (C=O) groups is 1. The van der Waals surface area contributed by atoms with Gasteiger partial charge in [-0.1, -0.05) is 0 Å². The van der Waals surface area contributed by atoms with Crippen molar-refractivity contribution in [1.29, 1.82) is 0 Å². The van der Waals surface area contributed by atoms with E-state index in [-0.39, 0.29) is 6.61 Å². The molecule has 0 aromatic carbocycles. The molecule has 1 fully saturated rings. The highest BCUT2D eigenvalue weighted by molar-refractivity contribution is 5.66. The molecule has 3 N–H and O–H groups in total. The van der Waals surface area contributed by atoms with Crippen molar-refractivity contribution in [1.82, 2.24) is 4.90 Å². The van der Waals surface area contributed by atoms with E-state index in [1.807, 2.05) is 0 Å². The lowest BCUT2D eigenvalue weighted by molar-refractivity contribution is 0.0134. The van der Waals surface area contributed by atoms with Gasteiger partial charge in [0.1, 0.15) is 6.23 Å². The van der Waals surface area contributed by atoms with Crippen molar-refractivity contribution in [2.45, 2.75) is 25.1 Å². The summed E-state index contributed by atoms with van der Waals surface area (Å²) in [6.45, 7) is -0.219. The third-order valence-electron chi connectivity index (χ3n) is 1.90. The molecule has 11 heavy (non-hydrogen) atoms. The Hall–Kier alpha value is -0.810. The molecule has 1 aliphatic rings. The van der Waals surface area contributed by atoms with Crippen molar-refractivity contribution >= 4 is 6.09 Å². The van der Waals surface area contributed by atoms with Gasteiger partial charge >= 0.3 is 6.09 Å². The van der Waals surface area contributed by atoms with Crippen LogP contribution in [0.25, 0.3) is 0 Å². The highest BCUT2D eigenvalue weighted by Crippen LogP contribution is 2.21. The normalized spacial score (nSPS) is 30.9. The van der Waals surface area contributed by atoms with Crippen molar-refractivity contribution in [3.05, 3.63) is 0 Å². The van der Waals surface area contributed by atoms with Gasteiger partial charge in [0.05, 0.1) is 12.6 Å². The lowest BCUT2D eigenvalue weighted by Crippen LogP contribution is -2.41. The largest absolute Gasteiger partial charge is 0.465 e. The lowest BCUT2D eigenvalue weighted by Gasteiger charge is -2.22. The zero-order chi connectivity index (χ0) is 8.43. The molecule has 0 radical (unpaired) electrons. The van der Waals surface area contributed by atoms with Crippen molar-refractivity contribution in [2.75, 3.05) is 6.61 Å². The number of hydrogen-bond donors (Lipinski definition) is 3. The first-order chi connectivity index (χ1) is 5.16. The zero-order valence-corrected chi connectivity index (χ0v) is 5.97. The number of amides is 1. The molecule has 0 aromatic rings. The van der Waals surface area contributed by atoms with Crippen LogP contribution in [0.15, 0.2) is 0 Å². The van der Waals surface area contributed by atoms with Gasteiger partial charge in [-0.05, 0) is 12.8 Å². The van der Waals surface area contributed by atoms with Crippen LogP contribution in [0.4, 0.5) is 4.79 Å². The highest BCUT2D eigenvalue weighted by Gasteiger charge is 2.34. The number of rotatable bonds is 1. The quantitative estimate of drug-likeness (QED) is 0.481. The van der Waals surface area contributed by atoms with Gasteiger partial charge in [-0.3, -0.25) is 4.90 Å². The summed E-state index contributed by atoms with van der Waals surface area (Å²) in [6.07, 6.45) is -1.17. The number of carboxylic acid groups (broad SMARTS) is 1. The summed E-state index contributed by atoms with van der Waals surface area (Å²) in [5.41, 5.74) is 0. The third kappa shape index (κ3) is 1.44. The molecule has 0 bridgehead atoms. The fourth-order valence-corrected chi connectivity index (χ4v) is 1.33. The van der Waals surface area contributed by atoms with E-state index in [0.29, 0.717) is 12.8 Å². The molecule has 5 heteroatoms. The van der Waals surface area contributed by atoms with Crippen molar-refractivity contribution < 1.29 is 20.1 Å². The molecule has 1 rings (SSSR count). The number of aliphatic hydroxyl groups excluding tert-OH is 2. The molecule has 5 nitrogen and oxygen atoms in total. The van der Waals surface area contributed by atoms with Crippen LogP contribution in [0.5, 0.6) is 0 Å².